The van der Waals surface area contributed by atoms with Crippen molar-refractivity contribution in [2.24, 2.45) is 0 Å². The van der Waals surface area contributed by atoms with E-state index in [1.165, 1.54) is 33.4 Å². The molecule has 1 heterocycles. The summed E-state index contributed by atoms with van der Waals surface area (Å²) in [6.07, 6.45) is 0. The zero-order valence-electron chi connectivity index (χ0n) is 30.7. The number of anilines is 3. The monoisotopic (exact) mass is 715 g/mol. The average molecular weight is 716 g/mol. The van der Waals surface area contributed by atoms with Crippen molar-refractivity contribution in [2.45, 2.75) is 0 Å². The molecule has 10 rings (SSSR count). The molecule has 0 aliphatic rings. The first kappa shape index (κ1) is 33.2. The smallest absolute Gasteiger partial charge is 0.136 e. The second-order valence-electron chi connectivity index (χ2n) is 14.1. The summed E-state index contributed by atoms with van der Waals surface area (Å²) in [4.78, 5) is 2.35. The Hall–Kier alpha value is -7.42. The van der Waals surface area contributed by atoms with E-state index >= 15 is 0 Å². The van der Waals surface area contributed by atoms with E-state index in [0.717, 1.165) is 61.3 Å². The van der Waals surface area contributed by atoms with Crippen LogP contribution in [0.4, 0.5) is 17.1 Å². The fourth-order valence-electron chi connectivity index (χ4n) is 7.94. The van der Waals surface area contributed by atoms with Crippen LogP contribution in [-0.4, -0.2) is 0 Å². The molecular weight excluding hydrogens is 679 g/mol. The van der Waals surface area contributed by atoms with Crippen molar-refractivity contribution in [2.75, 3.05) is 4.90 Å². The Morgan fingerprint density at radius 1 is 0.286 bits per heavy atom. The summed E-state index contributed by atoms with van der Waals surface area (Å²) in [7, 11) is 0. The van der Waals surface area contributed by atoms with Gasteiger partial charge in [0.1, 0.15) is 11.2 Å². The van der Waals surface area contributed by atoms with Crippen LogP contribution in [0.3, 0.4) is 0 Å². The van der Waals surface area contributed by atoms with Gasteiger partial charge in [-0.25, -0.2) is 0 Å². The van der Waals surface area contributed by atoms with E-state index < -0.39 is 0 Å². The zero-order chi connectivity index (χ0) is 37.3. The number of para-hydroxylation sites is 1. The number of hydrogen-bond acceptors (Lipinski definition) is 2. The first-order valence-electron chi connectivity index (χ1n) is 19.1. The predicted molar refractivity (Wildman–Crippen MR) is 236 cm³/mol. The van der Waals surface area contributed by atoms with Gasteiger partial charge in [0.2, 0.25) is 0 Å². The molecule has 264 valence electrons. The maximum absolute atomic E-state index is 6.45. The normalized spacial score (nSPS) is 11.2. The van der Waals surface area contributed by atoms with Gasteiger partial charge in [0.15, 0.2) is 0 Å². The van der Waals surface area contributed by atoms with E-state index in [-0.39, 0.29) is 0 Å². The van der Waals surface area contributed by atoms with Gasteiger partial charge < -0.3 is 9.32 Å². The Kier molecular flexibility index (Phi) is 8.55. The Morgan fingerprint density at radius 2 is 0.732 bits per heavy atom. The fraction of sp³-hybridized carbons (Fsp3) is 0. The summed E-state index contributed by atoms with van der Waals surface area (Å²) < 4.78 is 6.45. The summed E-state index contributed by atoms with van der Waals surface area (Å²) in [5, 5.41) is 2.24. The summed E-state index contributed by atoms with van der Waals surface area (Å²) in [5.74, 6) is 0. The van der Waals surface area contributed by atoms with Gasteiger partial charge in [0.25, 0.3) is 0 Å². The third-order valence-corrected chi connectivity index (χ3v) is 10.7. The lowest BCUT2D eigenvalue weighted by molar-refractivity contribution is 0.669. The number of nitrogens with zero attached hydrogens (tertiary/aromatic N) is 1. The number of hydrogen-bond donors (Lipinski definition) is 0. The Morgan fingerprint density at radius 3 is 1.29 bits per heavy atom. The SMILES string of the molecule is c1ccc(-c2ccc(-c3c(-c4cccc(N(c5ccc(-c6ccccc6)cc5)c5ccc(-c6ccccc6)cc5)c4)ccc4oc5ccccc5c34)cc2)cc1. The molecule has 2 heteroatoms. The van der Waals surface area contributed by atoms with Crippen LogP contribution in [0.1, 0.15) is 0 Å². The van der Waals surface area contributed by atoms with Crippen LogP contribution in [0.5, 0.6) is 0 Å². The molecule has 0 aliphatic carbocycles. The number of furan rings is 1. The van der Waals surface area contributed by atoms with Gasteiger partial charge in [-0.3, -0.25) is 0 Å². The highest BCUT2D eigenvalue weighted by Gasteiger charge is 2.20. The highest BCUT2D eigenvalue weighted by Crippen LogP contribution is 2.45. The first-order valence-corrected chi connectivity index (χ1v) is 19.1. The van der Waals surface area contributed by atoms with Gasteiger partial charge in [-0.2, -0.15) is 0 Å². The number of fused-ring (bicyclic) bond motifs is 3. The molecule has 2 nitrogen and oxygen atoms in total. The summed E-state index contributed by atoms with van der Waals surface area (Å²) in [5.41, 5.74) is 16.8. The van der Waals surface area contributed by atoms with E-state index in [1.54, 1.807) is 0 Å². The maximum Gasteiger partial charge on any atom is 0.136 e. The van der Waals surface area contributed by atoms with Gasteiger partial charge in [-0.1, -0.05) is 176 Å². The lowest BCUT2D eigenvalue weighted by Crippen LogP contribution is -2.10. The molecule has 0 saturated heterocycles. The van der Waals surface area contributed by atoms with Crippen LogP contribution >= 0.6 is 0 Å². The van der Waals surface area contributed by atoms with E-state index in [1.807, 2.05) is 6.07 Å². The van der Waals surface area contributed by atoms with Crippen molar-refractivity contribution >= 4 is 39.0 Å². The van der Waals surface area contributed by atoms with Crippen molar-refractivity contribution in [3.63, 3.8) is 0 Å². The molecule has 1 aromatic heterocycles. The summed E-state index contributed by atoms with van der Waals surface area (Å²) in [6.45, 7) is 0. The lowest BCUT2D eigenvalue weighted by atomic mass is 9.89. The van der Waals surface area contributed by atoms with E-state index in [4.69, 9.17) is 4.42 Å². The van der Waals surface area contributed by atoms with Crippen molar-refractivity contribution in [3.05, 3.63) is 224 Å². The van der Waals surface area contributed by atoms with Crippen LogP contribution < -0.4 is 4.90 Å². The highest BCUT2D eigenvalue weighted by molar-refractivity contribution is 6.16. The largest absolute Gasteiger partial charge is 0.456 e. The molecule has 0 atom stereocenters. The summed E-state index contributed by atoms with van der Waals surface area (Å²) >= 11 is 0. The van der Waals surface area contributed by atoms with Crippen molar-refractivity contribution < 1.29 is 4.42 Å². The minimum absolute atomic E-state index is 0.881. The van der Waals surface area contributed by atoms with Crippen molar-refractivity contribution in [1.29, 1.82) is 0 Å². The Bertz CT molecular complexity index is 2830. The Labute approximate surface area is 327 Å². The zero-order valence-corrected chi connectivity index (χ0v) is 30.7. The molecule has 0 radical (unpaired) electrons. The second kappa shape index (κ2) is 14.4. The molecule has 0 amide bonds. The molecule has 10 aromatic rings. The molecule has 0 unspecified atom stereocenters. The highest BCUT2D eigenvalue weighted by atomic mass is 16.3. The van der Waals surface area contributed by atoms with Gasteiger partial charge >= 0.3 is 0 Å². The van der Waals surface area contributed by atoms with Gasteiger partial charge in [-0.05, 0) is 98.6 Å². The topological polar surface area (TPSA) is 16.4 Å². The molecule has 0 N–H and O–H groups in total. The van der Waals surface area contributed by atoms with Crippen LogP contribution in [0.25, 0.3) is 77.6 Å². The van der Waals surface area contributed by atoms with Crippen LogP contribution in [0.15, 0.2) is 229 Å². The van der Waals surface area contributed by atoms with Crippen LogP contribution in [0.2, 0.25) is 0 Å². The van der Waals surface area contributed by atoms with Crippen molar-refractivity contribution in [1.82, 2.24) is 0 Å². The van der Waals surface area contributed by atoms with E-state index in [2.05, 4.69) is 223 Å². The molecule has 9 aromatic carbocycles. The molecule has 0 saturated carbocycles. The standard InChI is InChI=1S/C54H37NO/c1-4-13-38(14-5-1)41-23-25-44(26-24-41)53-49(35-36-52-54(53)50-21-10-11-22-51(50)56-52)45-19-12-20-48(37-45)55(46-31-27-42(28-32-46)39-15-6-2-7-16-39)47-33-29-43(30-34-47)40-17-8-3-9-18-40/h1-37H. The number of rotatable bonds is 8. The van der Waals surface area contributed by atoms with Gasteiger partial charge in [0.05, 0.1) is 0 Å². The molecule has 0 aliphatic heterocycles. The quantitative estimate of drug-likeness (QED) is 0.156. The molecule has 0 bridgehead atoms. The minimum atomic E-state index is 0.881. The Balaban J connectivity index is 1.12. The van der Waals surface area contributed by atoms with Crippen LogP contribution in [0, 0.1) is 0 Å². The van der Waals surface area contributed by atoms with Gasteiger partial charge in [0, 0.05) is 33.4 Å². The second-order valence-corrected chi connectivity index (χ2v) is 14.1. The van der Waals surface area contributed by atoms with Crippen LogP contribution in [-0.2, 0) is 0 Å². The summed E-state index contributed by atoms with van der Waals surface area (Å²) in [6, 6.07) is 80.0. The van der Waals surface area contributed by atoms with Gasteiger partial charge in [-0.15, -0.1) is 0 Å². The molecule has 0 fully saturated rings. The molecule has 56 heavy (non-hydrogen) atoms. The third kappa shape index (κ3) is 6.24. The average Bonchev–Trinajstić information content (AvgIpc) is 3.67. The lowest BCUT2D eigenvalue weighted by Gasteiger charge is -2.27. The molecule has 0 spiro atoms. The first-order chi connectivity index (χ1) is 27.8. The third-order valence-electron chi connectivity index (χ3n) is 10.7. The van der Waals surface area contributed by atoms with Crippen molar-refractivity contribution in [3.8, 4) is 55.6 Å². The predicted octanol–water partition coefficient (Wildman–Crippen LogP) is 15.4. The van der Waals surface area contributed by atoms with E-state index in [0.29, 0.717) is 0 Å². The number of benzene rings is 9. The minimum Gasteiger partial charge on any atom is -0.456 e. The molecular formula is C54H37NO. The van der Waals surface area contributed by atoms with E-state index in [9.17, 15) is 0 Å². The maximum atomic E-state index is 6.45. The fourth-order valence-corrected chi connectivity index (χ4v) is 7.94.